The van der Waals surface area contributed by atoms with Gasteiger partial charge in [0.25, 0.3) is 5.91 Å². The Bertz CT molecular complexity index is 776. The molecule has 0 unspecified atom stereocenters. The summed E-state index contributed by atoms with van der Waals surface area (Å²) in [4.78, 5) is 12.1. The minimum atomic E-state index is -4.58. The van der Waals surface area contributed by atoms with Gasteiger partial charge in [-0.15, -0.1) is 0 Å². The SMILES string of the molecule is Cc1cc(C(F)(F)F)cc(NC(=O)c2cc(Cl)ccc2O)c1Cl. The molecule has 0 spiro atoms. The summed E-state index contributed by atoms with van der Waals surface area (Å²) in [6.45, 7) is 1.39. The van der Waals surface area contributed by atoms with Gasteiger partial charge in [-0.25, -0.2) is 0 Å². The first-order chi connectivity index (χ1) is 10.6. The lowest BCUT2D eigenvalue weighted by Gasteiger charge is -2.14. The fourth-order valence-electron chi connectivity index (χ4n) is 1.90. The maximum absolute atomic E-state index is 12.8. The first-order valence-corrected chi connectivity index (χ1v) is 7.02. The zero-order chi connectivity index (χ0) is 17.4. The number of phenols is 1. The molecule has 122 valence electrons. The lowest BCUT2D eigenvalue weighted by Crippen LogP contribution is -2.14. The van der Waals surface area contributed by atoms with E-state index in [1.807, 2.05) is 0 Å². The third kappa shape index (κ3) is 3.89. The van der Waals surface area contributed by atoms with Gasteiger partial charge in [-0.2, -0.15) is 13.2 Å². The van der Waals surface area contributed by atoms with Crippen molar-refractivity contribution in [1.29, 1.82) is 0 Å². The van der Waals surface area contributed by atoms with Crippen LogP contribution in [0.5, 0.6) is 5.75 Å². The fourth-order valence-corrected chi connectivity index (χ4v) is 2.23. The molecule has 0 aromatic heterocycles. The number of anilines is 1. The molecule has 2 aromatic rings. The van der Waals surface area contributed by atoms with Gasteiger partial charge in [-0.3, -0.25) is 4.79 Å². The number of phenolic OH excluding ortho intramolecular Hbond substituents is 1. The summed E-state index contributed by atoms with van der Waals surface area (Å²) in [6, 6.07) is 5.38. The van der Waals surface area contributed by atoms with Gasteiger partial charge in [0.2, 0.25) is 0 Å². The zero-order valence-electron chi connectivity index (χ0n) is 11.6. The predicted molar refractivity (Wildman–Crippen MR) is 82.3 cm³/mol. The van der Waals surface area contributed by atoms with E-state index < -0.39 is 17.6 Å². The summed E-state index contributed by atoms with van der Waals surface area (Å²) in [5.41, 5.74) is -1.16. The Morgan fingerprint density at radius 2 is 1.83 bits per heavy atom. The summed E-state index contributed by atoms with van der Waals surface area (Å²) in [5.74, 6) is -1.18. The second-order valence-electron chi connectivity index (χ2n) is 4.77. The van der Waals surface area contributed by atoms with Gasteiger partial charge in [0.15, 0.2) is 0 Å². The van der Waals surface area contributed by atoms with Gasteiger partial charge in [-0.1, -0.05) is 23.2 Å². The molecule has 2 N–H and O–H groups in total. The number of amides is 1. The predicted octanol–water partition coefficient (Wildman–Crippen LogP) is 5.28. The van der Waals surface area contributed by atoms with Crippen molar-refractivity contribution in [3.63, 3.8) is 0 Å². The second kappa shape index (κ2) is 6.29. The highest BCUT2D eigenvalue weighted by atomic mass is 35.5. The molecule has 0 saturated carbocycles. The van der Waals surface area contributed by atoms with E-state index in [0.29, 0.717) is 0 Å². The number of aryl methyl sites for hydroxylation is 1. The van der Waals surface area contributed by atoms with Gasteiger partial charge in [-0.05, 0) is 42.8 Å². The Labute approximate surface area is 139 Å². The standard InChI is InChI=1S/C15H10Cl2F3NO2/c1-7-4-8(15(18,19)20)5-11(13(7)17)21-14(23)10-6-9(16)2-3-12(10)22/h2-6,22H,1H3,(H,21,23). The number of carbonyl (C=O) groups excluding carboxylic acids is 1. The van der Waals surface area contributed by atoms with Crippen molar-refractivity contribution in [2.75, 3.05) is 5.32 Å². The highest BCUT2D eigenvalue weighted by Crippen LogP contribution is 2.36. The van der Waals surface area contributed by atoms with Crippen LogP contribution in [0, 0.1) is 6.92 Å². The van der Waals surface area contributed by atoms with Gasteiger partial charge < -0.3 is 10.4 Å². The topological polar surface area (TPSA) is 49.3 Å². The van der Waals surface area contributed by atoms with Crippen molar-refractivity contribution in [2.45, 2.75) is 13.1 Å². The minimum Gasteiger partial charge on any atom is -0.507 e. The highest BCUT2D eigenvalue weighted by molar-refractivity contribution is 6.35. The summed E-state index contributed by atoms with van der Waals surface area (Å²) in [6.07, 6.45) is -4.58. The molecule has 0 aliphatic rings. The van der Waals surface area contributed by atoms with Gasteiger partial charge >= 0.3 is 6.18 Å². The van der Waals surface area contributed by atoms with Crippen LogP contribution in [0.3, 0.4) is 0 Å². The first kappa shape index (κ1) is 17.4. The molecule has 2 rings (SSSR count). The summed E-state index contributed by atoms with van der Waals surface area (Å²) in [7, 11) is 0. The normalized spacial score (nSPS) is 11.4. The van der Waals surface area contributed by atoms with Crippen LogP contribution in [0.25, 0.3) is 0 Å². The van der Waals surface area contributed by atoms with E-state index in [4.69, 9.17) is 23.2 Å². The van der Waals surface area contributed by atoms with E-state index in [1.165, 1.54) is 25.1 Å². The van der Waals surface area contributed by atoms with Crippen LogP contribution in [0.2, 0.25) is 10.0 Å². The zero-order valence-corrected chi connectivity index (χ0v) is 13.1. The Kier molecular flexibility index (Phi) is 4.77. The van der Waals surface area contributed by atoms with Crippen LogP contribution in [-0.2, 0) is 6.18 Å². The van der Waals surface area contributed by atoms with Crippen LogP contribution < -0.4 is 5.32 Å². The molecule has 0 heterocycles. The van der Waals surface area contributed by atoms with E-state index in [0.717, 1.165) is 12.1 Å². The van der Waals surface area contributed by atoms with E-state index in [2.05, 4.69) is 5.32 Å². The van der Waals surface area contributed by atoms with Crippen molar-refractivity contribution in [3.05, 3.63) is 57.1 Å². The summed E-state index contributed by atoms with van der Waals surface area (Å²) < 4.78 is 38.5. The van der Waals surface area contributed by atoms with Crippen LogP contribution in [0.1, 0.15) is 21.5 Å². The molecule has 1 amide bonds. The molecule has 2 aromatic carbocycles. The molecule has 0 atom stereocenters. The van der Waals surface area contributed by atoms with Crippen LogP contribution >= 0.6 is 23.2 Å². The summed E-state index contributed by atoms with van der Waals surface area (Å²) in [5, 5.41) is 12.1. The number of rotatable bonds is 2. The number of carbonyl (C=O) groups is 1. The number of hydrogen-bond donors (Lipinski definition) is 2. The van der Waals surface area contributed by atoms with E-state index in [-0.39, 0.29) is 32.6 Å². The van der Waals surface area contributed by atoms with Crippen LogP contribution in [0.4, 0.5) is 18.9 Å². The molecule has 8 heteroatoms. The quantitative estimate of drug-likeness (QED) is 0.762. The molecule has 0 bridgehead atoms. The van der Waals surface area contributed by atoms with Gasteiger partial charge in [0.05, 0.1) is 21.8 Å². The van der Waals surface area contributed by atoms with E-state index >= 15 is 0 Å². The third-order valence-electron chi connectivity index (χ3n) is 3.03. The van der Waals surface area contributed by atoms with Crippen molar-refractivity contribution in [2.24, 2.45) is 0 Å². The smallest absolute Gasteiger partial charge is 0.416 e. The minimum absolute atomic E-state index is 0.0205. The Hall–Kier alpha value is -1.92. The molecular weight excluding hydrogens is 354 g/mol. The molecule has 0 radical (unpaired) electrons. The van der Waals surface area contributed by atoms with Crippen LogP contribution in [-0.4, -0.2) is 11.0 Å². The monoisotopic (exact) mass is 363 g/mol. The lowest BCUT2D eigenvalue weighted by molar-refractivity contribution is -0.137. The Morgan fingerprint density at radius 3 is 2.43 bits per heavy atom. The molecule has 23 heavy (non-hydrogen) atoms. The lowest BCUT2D eigenvalue weighted by atomic mass is 10.1. The second-order valence-corrected chi connectivity index (χ2v) is 5.58. The summed E-state index contributed by atoms with van der Waals surface area (Å²) >= 11 is 11.7. The average Bonchev–Trinajstić information content (AvgIpc) is 2.45. The number of nitrogens with one attached hydrogen (secondary N) is 1. The highest BCUT2D eigenvalue weighted by Gasteiger charge is 2.32. The largest absolute Gasteiger partial charge is 0.507 e. The number of benzene rings is 2. The number of aromatic hydroxyl groups is 1. The van der Waals surface area contributed by atoms with Crippen molar-refractivity contribution >= 4 is 34.8 Å². The number of alkyl halides is 3. The molecule has 3 nitrogen and oxygen atoms in total. The van der Waals surface area contributed by atoms with E-state index in [9.17, 15) is 23.1 Å². The molecule has 0 saturated heterocycles. The van der Waals surface area contributed by atoms with Crippen molar-refractivity contribution < 1.29 is 23.1 Å². The van der Waals surface area contributed by atoms with Gasteiger partial charge in [0, 0.05) is 5.02 Å². The maximum Gasteiger partial charge on any atom is 0.416 e. The maximum atomic E-state index is 12.8. The molecular formula is C15H10Cl2F3NO2. The fraction of sp³-hybridized carbons (Fsp3) is 0.133. The molecule has 0 aliphatic heterocycles. The third-order valence-corrected chi connectivity index (χ3v) is 3.77. The van der Waals surface area contributed by atoms with Crippen molar-refractivity contribution in [1.82, 2.24) is 0 Å². The van der Waals surface area contributed by atoms with Gasteiger partial charge in [0.1, 0.15) is 5.75 Å². The van der Waals surface area contributed by atoms with E-state index in [1.54, 1.807) is 0 Å². The average molecular weight is 364 g/mol. The van der Waals surface area contributed by atoms with Crippen LogP contribution in [0.15, 0.2) is 30.3 Å². The number of halogens is 5. The molecule has 0 aliphatic carbocycles. The first-order valence-electron chi connectivity index (χ1n) is 6.27. The Morgan fingerprint density at radius 1 is 1.17 bits per heavy atom. The molecule has 0 fully saturated rings. The van der Waals surface area contributed by atoms with Crippen molar-refractivity contribution in [3.8, 4) is 5.75 Å². The Balaban J connectivity index is 2.41. The number of hydrogen-bond acceptors (Lipinski definition) is 2.